The summed E-state index contributed by atoms with van der Waals surface area (Å²) in [6.07, 6.45) is -3.40. The molecule has 0 fully saturated rings. The molecular formula is C26H20ClF3N4O5S2. The molecule has 4 rings (SSSR count). The molecule has 0 saturated heterocycles. The zero-order valence-corrected chi connectivity index (χ0v) is 23.1. The molecule has 0 radical (unpaired) electrons. The lowest BCUT2D eigenvalue weighted by Gasteiger charge is -2.26. The number of alkyl halides is 3. The molecule has 1 amide bonds. The smallest absolute Gasteiger partial charge is 0.325 e. The van der Waals surface area contributed by atoms with Crippen LogP contribution in [0.25, 0.3) is 0 Å². The number of carbonyl (C=O) groups excluding carboxylic acids is 1. The SMILES string of the molecule is O=C(CN(c1cc(C(F)(F)F)ccc1Cl)S(=O)(=O)c1ccccc1)Nc1ccc(S(=O)(=O)Nc2ccccn2)cc1. The number of nitrogens with one attached hydrogen (secondary N) is 2. The molecule has 3 aromatic carbocycles. The maximum Gasteiger partial charge on any atom is 0.416 e. The summed E-state index contributed by atoms with van der Waals surface area (Å²) in [6.45, 7) is -0.945. The molecule has 0 aliphatic heterocycles. The third kappa shape index (κ3) is 7.14. The molecule has 0 aliphatic rings. The molecule has 0 atom stereocenters. The normalized spacial score (nSPS) is 12.0. The Morgan fingerprint density at radius 2 is 1.51 bits per heavy atom. The van der Waals surface area contributed by atoms with Gasteiger partial charge in [0.25, 0.3) is 20.0 Å². The van der Waals surface area contributed by atoms with Crippen LogP contribution in [0.2, 0.25) is 5.02 Å². The molecule has 15 heteroatoms. The van der Waals surface area contributed by atoms with Crippen molar-refractivity contribution in [2.75, 3.05) is 20.9 Å². The van der Waals surface area contributed by atoms with Crippen molar-refractivity contribution in [3.63, 3.8) is 0 Å². The van der Waals surface area contributed by atoms with Gasteiger partial charge in [0.2, 0.25) is 5.91 Å². The van der Waals surface area contributed by atoms with Crippen LogP contribution in [0.15, 0.2) is 107 Å². The minimum Gasteiger partial charge on any atom is -0.325 e. The molecule has 9 nitrogen and oxygen atoms in total. The predicted octanol–water partition coefficient (Wildman–Crippen LogP) is 5.39. The molecular weight excluding hydrogens is 605 g/mol. The molecule has 0 spiro atoms. The van der Waals surface area contributed by atoms with E-state index in [1.165, 1.54) is 60.8 Å². The van der Waals surface area contributed by atoms with E-state index in [4.69, 9.17) is 11.6 Å². The Labute approximate surface area is 238 Å². The number of amides is 1. The number of hydrogen-bond acceptors (Lipinski definition) is 6. The number of pyridine rings is 1. The van der Waals surface area contributed by atoms with E-state index in [2.05, 4.69) is 15.0 Å². The molecule has 214 valence electrons. The Balaban J connectivity index is 1.60. The Kier molecular flexibility index (Phi) is 8.56. The average molecular weight is 625 g/mol. The van der Waals surface area contributed by atoms with Crippen molar-refractivity contribution < 1.29 is 34.8 Å². The molecule has 0 bridgehead atoms. The first-order valence-electron chi connectivity index (χ1n) is 11.6. The van der Waals surface area contributed by atoms with E-state index in [-0.39, 0.29) is 26.3 Å². The van der Waals surface area contributed by atoms with Gasteiger partial charge in [-0.3, -0.25) is 13.8 Å². The van der Waals surface area contributed by atoms with Crippen molar-refractivity contribution in [3.8, 4) is 0 Å². The Morgan fingerprint density at radius 1 is 0.854 bits per heavy atom. The van der Waals surface area contributed by atoms with Gasteiger partial charge in [-0.15, -0.1) is 0 Å². The molecule has 0 unspecified atom stereocenters. The van der Waals surface area contributed by atoms with Gasteiger partial charge in [0.1, 0.15) is 12.4 Å². The van der Waals surface area contributed by atoms with Crippen molar-refractivity contribution in [1.29, 1.82) is 0 Å². The molecule has 4 aromatic rings. The van der Waals surface area contributed by atoms with Gasteiger partial charge in [0.05, 0.1) is 26.1 Å². The van der Waals surface area contributed by atoms with Gasteiger partial charge in [-0.2, -0.15) is 13.2 Å². The summed E-state index contributed by atoms with van der Waals surface area (Å²) in [6, 6.07) is 18.5. The van der Waals surface area contributed by atoms with Crippen molar-refractivity contribution in [2.45, 2.75) is 16.0 Å². The van der Waals surface area contributed by atoms with Gasteiger partial charge >= 0.3 is 6.18 Å². The predicted molar refractivity (Wildman–Crippen MR) is 148 cm³/mol. The molecule has 0 saturated carbocycles. The maximum atomic E-state index is 13.5. The van der Waals surface area contributed by atoms with Gasteiger partial charge in [0, 0.05) is 11.9 Å². The second-order valence-corrected chi connectivity index (χ2v) is 12.3. The van der Waals surface area contributed by atoms with Crippen LogP contribution in [-0.2, 0) is 31.0 Å². The second-order valence-electron chi connectivity index (χ2n) is 8.38. The third-order valence-electron chi connectivity index (χ3n) is 5.51. The molecule has 1 aromatic heterocycles. The number of anilines is 3. The fraction of sp³-hybridized carbons (Fsp3) is 0.0769. The minimum absolute atomic E-state index is 0.0952. The topological polar surface area (TPSA) is 126 Å². The number of halogens is 4. The van der Waals surface area contributed by atoms with Crippen LogP contribution in [0.1, 0.15) is 5.56 Å². The van der Waals surface area contributed by atoms with Crippen LogP contribution in [0.3, 0.4) is 0 Å². The number of hydrogen-bond donors (Lipinski definition) is 2. The highest BCUT2D eigenvalue weighted by molar-refractivity contribution is 7.93. The van der Waals surface area contributed by atoms with Crippen molar-refractivity contribution in [3.05, 3.63) is 108 Å². The molecule has 1 heterocycles. The van der Waals surface area contributed by atoms with Crippen LogP contribution >= 0.6 is 11.6 Å². The van der Waals surface area contributed by atoms with E-state index in [1.54, 1.807) is 18.2 Å². The van der Waals surface area contributed by atoms with E-state index in [9.17, 15) is 34.8 Å². The fourth-order valence-corrected chi connectivity index (χ4v) is 6.30. The number of benzene rings is 3. The quantitative estimate of drug-likeness (QED) is 0.257. The summed E-state index contributed by atoms with van der Waals surface area (Å²) in [5, 5.41) is 2.09. The lowest BCUT2D eigenvalue weighted by molar-refractivity contribution is -0.137. The van der Waals surface area contributed by atoms with E-state index in [0.29, 0.717) is 16.4 Å². The Hall–Kier alpha value is -4.14. The zero-order chi connectivity index (χ0) is 29.8. The summed E-state index contributed by atoms with van der Waals surface area (Å²) in [4.78, 5) is 16.4. The molecule has 2 N–H and O–H groups in total. The Morgan fingerprint density at radius 3 is 2.12 bits per heavy atom. The monoisotopic (exact) mass is 624 g/mol. The van der Waals surface area contributed by atoms with E-state index in [1.807, 2.05) is 0 Å². The first kappa shape index (κ1) is 29.8. The lowest BCUT2D eigenvalue weighted by Crippen LogP contribution is -2.38. The summed E-state index contributed by atoms with van der Waals surface area (Å²) < 4.78 is 95.2. The summed E-state index contributed by atoms with van der Waals surface area (Å²) >= 11 is 6.12. The van der Waals surface area contributed by atoms with Gasteiger partial charge in [-0.25, -0.2) is 21.8 Å². The number of aromatic nitrogens is 1. The van der Waals surface area contributed by atoms with E-state index < -0.39 is 49.9 Å². The van der Waals surface area contributed by atoms with Crippen molar-refractivity contribution in [2.24, 2.45) is 0 Å². The van der Waals surface area contributed by atoms with Crippen molar-refractivity contribution in [1.82, 2.24) is 4.98 Å². The van der Waals surface area contributed by atoms with Gasteiger partial charge in [-0.05, 0) is 66.7 Å². The van der Waals surface area contributed by atoms with Crippen LogP contribution in [0, 0.1) is 0 Å². The van der Waals surface area contributed by atoms with Gasteiger partial charge in [0.15, 0.2) is 0 Å². The van der Waals surface area contributed by atoms with Crippen LogP contribution < -0.4 is 14.3 Å². The first-order chi connectivity index (χ1) is 19.3. The van der Waals surface area contributed by atoms with E-state index in [0.717, 1.165) is 6.07 Å². The van der Waals surface area contributed by atoms with Crippen LogP contribution in [0.5, 0.6) is 0 Å². The number of carbonyl (C=O) groups is 1. The van der Waals surface area contributed by atoms with Gasteiger partial charge < -0.3 is 5.32 Å². The molecule has 0 aliphatic carbocycles. The average Bonchev–Trinajstić information content (AvgIpc) is 2.92. The zero-order valence-electron chi connectivity index (χ0n) is 20.7. The number of rotatable bonds is 9. The number of nitrogens with zero attached hydrogens (tertiary/aromatic N) is 2. The van der Waals surface area contributed by atoms with Crippen molar-refractivity contribution >= 4 is 54.7 Å². The second kappa shape index (κ2) is 11.8. The van der Waals surface area contributed by atoms with Crippen LogP contribution in [-0.4, -0.2) is 34.3 Å². The summed E-state index contributed by atoms with van der Waals surface area (Å²) in [5.41, 5.74) is -1.62. The third-order valence-corrected chi connectivity index (χ3v) is 8.98. The maximum absolute atomic E-state index is 13.5. The Bertz CT molecular complexity index is 1760. The highest BCUT2D eigenvalue weighted by Gasteiger charge is 2.34. The fourth-order valence-electron chi connectivity index (χ4n) is 3.57. The minimum atomic E-state index is -4.81. The van der Waals surface area contributed by atoms with Crippen LogP contribution in [0.4, 0.5) is 30.4 Å². The summed E-state index contributed by atoms with van der Waals surface area (Å²) in [5.74, 6) is -0.835. The lowest BCUT2D eigenvalue weighted by atomic mass is 10.2. The highest BCUT2D eigenvalue weighted by atomic mass is 35.5. The van der Waals surface area contributed by atoms with Gasteiger partial charge in [-0.1, -0.05) is 35.9 Å². The highest BCUT2D eigenvalue weighted by Crippen LogP contribution is 2.37. The molecule has 41 heavy (non-hydrogen) atoms. The summed E-state index contributed by atoms with van der Waals surface area (Å²) in [7, 11) is -8.56. The largest absolute Gasteiger partial charge is 0.416 e. The first-order valence-corrected chi connectivity index (χ1v) is 14.9. The standard InChI is InChI=1S/C26H20ClF3N4O5S2/c27-22-14-9-18(26(28,29)30)16-23(22)34(41(38,39)21-6-2-1-3-7-21)17-25(35)32-19-10-12-20(13-11-19)40(36,37)33-24-8-4-5-15-31-24/h1-16H,17H2,(H,31,33)(H,32,35). The number of sulfonamides is 2. The van der Waals surface area contributed by atoms with E-state index >= 15 is 0 Å².